The van der Waals surface area contributed by atoms with E-state index in [0.29, 0.717) is 17.9 Å². The summed E-state index contributed by atoms with van der Waals surface area (Å²) in [7, 11) is 0. The van der Waals surface area contributed by atoms with Crippen molar-refractivity contribution in [2.24, 2.45) is 17.6 Å². The lowest BCUT2D eigenvalue weighted by Gasteiger charge is -2.49. The molecule has 1 aliphatic heterocycles. The van der Waals surface area contributed by atoms with Crippen molar-refractivity contribution in [1.29, 1.82) is 0 Å². The highest BCUT2D eigenvalue weighted by atomic mass is 16.3. The highest BCUT2D eigenvalue weighted by molar-refractivity contribution is 4.98. The van der Waals surface area contributed by atoms with E-state index in [4.69, 9.17) is 5.73 Å². The van der Waals surface area contributed by atoms with E-state index in [1.807, 2.05) is 0 Å². The van der Waals surface area contributed by atoms with Gasteiger partial charge in [-0.3, -0.25) is 4.90 Å². The third-order valence-electron chi connectivity index (χ3n) is 5.85. The maximum absolute atomic E-state index is 10.7. The zero-order valence-electron chi connectivity index (χ0n) is 11.5. The van der Waals surface area contributed by atoms with E-state index in [9.17, 15) is 5.11 Å². The Kier molecular flexibility index (Phi) is 3.65. The molecular formula is C15H28N2O. The average molecular weight is 252 g/mol. The van der Waals surface area contributed by atoms with Crippen LogP contribution < -0.4 is 5.73 Å². The number of fused-ring (bicyclic) bond motifs is 1. The van der Waals surface area contributed by atoms with Gasteiger partial charge in [0.25, 0.3) is 0 Å². The molecule has 0 aromatic carbocycles. The van der Waals surface area contributed by atoms with Gasteiger partial charge in [0.05, 0.1) is 5.60 Å². The fourth-order valence-electron chi connectivity index (χ4n) is 4.67. The second kappa shape index (κ2) is 5.10. The molecule has 3 fully saturated rings. The van der Waals surface area contributed by atoms with Gasteiger partial charge in [-0.2, -0.15) is 0 Å². The van der Waals surface area contributed by atoms with Gasteiger partial charge in [-0.1, -0.05) is 19.3 Å². The van der Waals surface area contributed by atoms with Gasteiger partial charge in [0, 0.05) is 25.0 Å². The van der Waals surface area contributed by atoms with E-state index in [2.05, 4.69) is 4.90 Å². The van der Waals surface area contributed by atoms with Crippen molar-refractivity contribution in [3.05, 3.63) is 0 Å². The Bertz CT molecular complexity index is 296. The van der Waals surface area contributed by atoms with E-state index in [1.165, 1.54) is 38.5 Å². The van der Waals surface area contributed by atoms with Crippen LogP contribution in [0.1, 0.15) is 51.4 Å². The highest BCUT2D eigenvalue weighted by Gasteiger charge is 2.45. The summed E-state index contributed by atoms with van der Waals surface area (Å²) in [5.74, 6) is 1.24. The summed E-state index contributed by atoms with van der Waals surface area (Å²) in [6, 6.07) is 0.710. The van der Waals surface area contributed by atoms with Gasteiger partial charge in [0.1, 0.15) is 0 Å². The van der Waals surface area contributed by atoms with Gasteiger partial charge in [0.2, 0.25) is 0 Å². The molecule has 18 heavy (non-hydrogen) atoms. The Balaban J connectivity index is 1.66. The summed E-state index contributed by atoms with van der Waals surface area (Å²) in [4.78, 5) is 2.66. The molecule has 0 radical (unpaired) electrons. The SMILES string of the molecule is NCC1CCCC1N1CCC2(O)CCCCC2C1. The third-order valence-corrected chi connectivity index (χ3v) is 5.85. The Hall–Kier alpha value is -0.120. The molecule has 3 rings (SSSR count). The summed E-state index contributed by atoms with van der Waals surface area (Å²) >= 11 is 0. The molecule has 3 aliphatic rings. The summed E-state index contributed by atoms with van der Waals surface area (Å²) in [5, 5.41) is 10.7. The molecule has 1 heterocycles. The van der Waals surface area contributed by atoms with Gasteiger partial charge in [-0.15, -0.1) is 0 Å². The van der Waals surface area contributed by atoms with Crippen molar-refractivity contribution in [2.75, 3.05) is 19.6 Å². The third kappa shape index (κ3) is 2.21. The first kappa shape index (κ1) is 12.9. The average Bonchev–Trinajstić information content (AvgIpc) is 2.86. The Morgan fingerprint density at radius 3 is 2.83 bits per heavy atom. The minimum Gasteiger partial charge on any atom is -0.390 e. The fraction of sp³-hybridized carbons (Fsp3) is 1.00. The number of hydrogen-bond acceptors (Lipinski definition) is 3. The van der Waals surface area contributed by atoms with Crippen molar-refractivity contribution in [1.82, 2.24) is 4.90 Å². The molecule has 0 bridgehead atoms. The van der Waals surface area contributed by atoms with Gasteiger partial charge in [-0.05, 0) is 44.6 Å². The van der Waals surface area contributed by atoms with Crippen LogP contribution in [0.4, 0.5) is 0 Å². The van der Waals surface area contributed by atoms with Gasteiger partial charge in [0.15, 0.2) is 0 Å². The lowest BCUT2D eigenvalue weighted by atomic mass is 9.71. The van der Waals surface area contributed by atoms with Crippen molar-refractivity contribution in [2.45, 2.75) is 63.0 Å². The van der Waals surface area contributed by atoms with Crippen molar-refractivity contribution >= 4 is 0 Å². The fourth-order valence-corrected chi connectivity index (χ4v) is 4.67. The minimum absolute atomic E-state index is 0.328. The predicted molar refractivity (Wildman–Crippen MR) is 73.3 cm³/mol. The summed E-state index contributed by atoms with van der Waals surface area (Å²) in [6.45, 7) is 3.06. The normalized spacial score (nSPS) is 46.0. The molecule has 2 saturated carbocycles. The van der Waals surface area contributed by atoms with E-state index in [0.717, 1.165) is 32.5 Å². The first-order valence-corrected chi connectivity index (χ1v) is 7.89. The number of piperidine rings is 1. The molecule has 0 aromatic rings. The molecular weight excluding hydrogens is 224 g/mol. The number of nitrogens with zero attached hydrogens (tertiary/aromatic N) is 1. The van der Waals surface area contributed by atoms with Gasteiger partial charge < -0.3 is 10.8 Å². The van der Waals surface area contributed by atoms with Crippen LogP contribution in [0.5, 0.6) is 0 Å². The van der Waals surface area contributed by atoms with Crippen LogP contribution in [0.3, 0.4) is 0 Å². The van der Waals surface area contributed by atoms with E-state index in [-0.39, 0.29) is 5.60 Å². The van der Waals surface area contributed by atoms with Crippen LogP contribution in [0.15, 0.2) is 0 Å². The molecule has 0 amide bonds. The first-order chi connectivity index (χ1) is 8.73. The van der Waals surface area contributed by atoms with Crippen LogP contribution >= 0.6 is 0 Å². The van der Waals surface area contributed by atoms with Gasteiger partial charge in [-0.25, -0.2) is 0 Å². The van der Waals surface area contributed by atoms with Crippen LogP contribution in [0.2, 0.25) is 0 Å². The Labute approximate surface area is 111 Å². The smallest absolute Gasteiger partial charge is 0.0700 e. The van der Waals surface area contributed by atoms with E-state index < -0.39 is 0 Å². The summed E-state index contributed by atoms with van der Waals surface area (Å²) < 4.78 is 0. The molecule has 3 heteroatoms. The second-order valence-corrected chi connectivity index (χ2v) is 6.79. The molecule has 2 aliphatic carbocycles. The molecule has 4 unspecified atom stereocenters. The molecule has 4 atom stereocenters. The predicted octanol–water partition coefficient (Wildman–Crippen LogP) is 1.74. The van der Waals surface area contributed by atoms with E-state index in [1.54, 1.807) is 0 Å². The molecule has 0 spiro atoms. The summed E-state index contributed by atoms with van der Waals surface area (Å²) in [5.41, 5.74) is 5.58. The number of hydrogen-bond donors (Lipinski definition) is 2. The Morgan fingerprint density at radius 2 is 2.00 bits per heavy atom. The monoisotopic (exact) mass is 252 g/mol. The van der Waals surface area contributed by atoms with Crippen LogP contribution in [0.25, 0.3) is 0 Å². The number of aliphatic hydroxyl groups is 1. The number of nitrogens with two attached hydrogens (primary N) is 1. The van der Waals surface area contributed by atoms with E-state index >= 15 is 0 Å². The molecule has 1 saturated heterocycles. The highest BCUT2D eigenvalue weighted by Crippen LogP contribution is 2.42. The number of likely N-dealkylation sites (tertiary alicyclic amines) is 1. The van der Waals surface area contributed by atoms with Crippen LogP contribution in [0, 0.1) is 11.8 Å². The molecule has 0 aromatic heterocycles. The topological polar surface area (TPSA) is 49.5 Å². The lowest BCUT2D eigenvalue weighted by molar-refractivity contribution is -0.105. The first-order valence-electron chi connectivity index (χ1n) is 7.89. The van der Waals surface area contributed by atoms with Crippen molar-refractivity contribution in [3.63, 3.8) is 0 Å². The molecule has 3 N–H and O–H groups in total. The largest absolute Gasteiger partial charge is 0.390 e. The summed E-state index contributed by atoms with van der Waals surface area (Å²) in [6.07, 6.45) is 9.78. The maximum atomic E-state index is 10.7. The number of rotatable bonds is 2. The molecule has 3 nitrogen and oxygen atoms in total. The standard InChI is InChI=1S/C15H28N2O/c16-10-12-4-3-6-14(12)17-9-8-15(18)7-2-1-5-13(15)11-17/h12-14,18H,1-11,16H2. The zero-order chi connectivity index (χ0) is 12.6. The van der Waals surface area contributed by atoms with Crippen molar-refractivity contribution < 1.29 is 5.11 Å². The zero-order valence-corrected chi connectivity index (χ0v) is 11.5. The lowest BCUT2D eigenvalue weighted by Crippen LogP contribution is -2.56. The maximum Gasteiger partial charge on any atom is 0.0700 e. The van der Waals surface area contributed by atoms with Crippen LogP contribution in [-0.2, 0) is 0 Å². The Morgan fingerprint density at radius 1 is 1.11 bits per heavy atom. The quantitative estimate of drug-likeness (QED) is 0.787. The minimum atomic E-state index is -0.328. The van der Waals surface area contributed by atoms with Crippen molar-refractivity contribution in [3.8, 4) is 0 Å². The molecule has 104 valence electrons. The van der Waals surface area contributed by atoms with Crippen LogP contribution in [-0.4, -0.2) is 41.3 Å². The van der Waals surface area contributed by atoms with Gasteiger partial charge >= 0.3 is 0 Å². The second-order valence-electron chi connectivity index (χ2n) is 6.79.